The van der Waals surface area contributed by atoms with Gasteiger partial charge in [-0.2, -0.15) is 5.26 Å². The number of nitriles is 1. The SMILES string of the molecule is N#Cc1ccc2c(c1)C1(c3ccccc3Oc3ccccc31)c1cc3cc(-c4nc(-c5ccccc5)nc(-c5ccccc5)n4)ccc3cc1-2. The first kappa shape index (κ1) is 28.1. The number of rotatable bonds is 3. The van der Waals surface area contributed by atoms with Gasteiger partial charge in [0, 0.05) is 27.8 Å². The molecule has 0 bridgehead atoms. The van der Waals surface area contributed by atoms with Crippen LogP contribution in [-0.2, 0) is 5.41 Å². The highest BCUT2D eigenvalue weighted by molar-refractivity contribution is 5.98. The van der Waals surface area contributed by atoms with E-state index in [4.69, 9.17) is 19.7 Å². The summed E-state index contributed by atoms with van der Waals surface area (Å²) in [5, 5.41) is 12.2. The molecule has 232 valence electrons. The standard InChI is InChI=1S/C45H26N4O/c46-27-28-19-22-34-35-25-31-20-21-32(44-48-42(29-11-3-1-4-12-29)47-43(49-44)30-13-5-2-6-14-30)24-33(31)26-39(35)45(38(34)23-28)36-15-7-9-17-40(36)50-41-18-10-8-16-37(41)45/h1-26H. The monoisotopic (exact) mass is 638 g/mol. The molecule has 0 radical (unpaired) electrons. The van der Waals surface area contributed by atoms with Gasteiger partial charge < -0.3 is 4.74 Å². The topological polar surface area (TPSA) is 71.7 Å². The van der Waals surface area contributed by atoms with Crippen LogP contribution < -0.4 is 4.74 Å². The maximum Gasteiger partial charge on any atom is 0.164 e. The Morgan fingerprint density at radius 3 is 1.62 bits per heavy atom. The van der Waals surface area contributed by atoms with E-state index < -0.39 is 5.41 Å². The van der Waals surface area contributed by atoms with E-state index in [2.05, 4.69) is 72.8 Å². The van der Waals surface area contributed by atoms with Crippen LogP contribution in [0.1, 0.15) is 27.8 Å². The number of aromatic nitrogens is 3. The molecule has 5 nitrogen and oxygen atoms in total. The molecule has 5 heteroatoms. The van der Waals surface area contributed by atoms with E-state index in [1.807, 2.05) is 91.0 Å². The molecule has 8 aromatic rings. The van der Waals surface area contributed by atoms with Crippen molar-refractivity contribution in [2.24, 2.45) is 0 Å². The van der Waals surface area contributed by atoms with Crippen LogP contribution >= 0.6 is 0 Å². The first-order valence-corrected chi connectivity index (χ1v) is 16.6. The number of nitrogens with zero attached hydrogens (tertiary/aromatic N) is 4. The molecule has 1 aliphatic carbocycles. The van der Waals surface area contributed by atoms with E-state index in [0.29, 0.717) is 23.0 Å². The molecule has 10 rings (SSSR count). The molecule has 0 saturated carbocycles. The highest BCUT2D eigenvalue weighted by atomic mass is 16.5. The van der Waals surface area contributed by atoms with Crippen LogP contribution in [0.4, 0.5) is 0 Å². The van der Waals surface area contributed by atoms with Gasteiger partial charge in [-0.1, -0.05) is 115 Å². The first-order valence-electron chi connectivity index (χ1n) is 16.6. The second-order valence-corrected chi connectivity index (χ2v) is 12.7. The number of hydrogen-bond donors (Lipinski definition) is 0. The lowest BCUT2D eigenvalue weighted by Gasteiger charge is -2.39. The molecule has 0 saturated heterocycles. The van der Waals surface area contributed by atoms with Crippen molar-refractivity contribution in [3.8, 4) is 62.9 Å². The van der Waals surface area contributed by atoms with Gasteiger partial charge in [0.05, 0.1) is 17.0 Å². The number of para-hydroxylation sites is 2. The van der Waals surface area contributed by atoms with Gasteiger partial charge in [0.15, 0.2) is 17.5 Å². The zero-order valence-corrected chi connectivity index (χ0v) is 26.7. The summed E-state index contributed by atoms with van der Waals surface area (Å²) in [6, 6.07) is 56.1. The van der Waals surface area contributed by atoms with Crippen molar-refractivity contribution < 1.29 is 4.74 Å². The van der Waals surface area contributed by atoms with Crippen LogP contribution in [0.3, 0.4) is 0 Å². The third-order valence-electron chi connectivity index (χ3n) is 9.98. The van der Waals surface area contributed by atoms with Crippen molar-refractivity contribution in [2.75, 3.05) is 0 Å². The Morgan fingerprint density at radius 1 is 0.440 bits per heavy atom. The second kappa shape index (κ2) is 10.8. The van der Waals surface area contributed by atoms with Gasteiger partial charge in [-0.05, 0) is 75.5 Å². The van der Waals surface area contributed by atoms with Crippen molar-refractivity contribution >= 4 is 10.8 Å². The van der Waals surface area contributed by atoms with Gasteiger partial charge in [-0.25, -0.2) is 15.0 Å². The summed E-state index contributed by atoms with van der Waals surface area (Å²) in [6.45, 7) is 0. The lowest BCUT2D eigenvalue weighted by molar-refractivity contribution is 0.436. The Bertz CT molecular complexity index is 2590. The van der Waals surface area contributed by atoms with Crippen molar-refractivity contribution in [3.63, 3.8) is 0 Å². The van der Waals surface area contributed by atoms with Crippen molar-refractivity contribution in [1.29, 1.82) is 5.26 Å². The zero-order valence-electron chi connectivity index (χ0n) is 26.7. The van der Waals surface area contributed by atoms with Crippen LogP contribution in [-0.4, -0.2) is 15.0 Å². The van der Waals surface area contributed by atoms with Crippen LogP contribution in [0.15, 0.2) is 158 Å². The smallest absolute Gasteiger partial charge is 0.164 e. The van der Waals surface area contributed by atoms with E-state index in [0.717, 1.165) is 72.3 Å². The maximum atomic E-state index is 10.0. The lowest BCUT2D eigenvalue weighted by Crippen LogP contribution is -2.32. The minimum Gasteiger partial charge on any atom is -0.457 e. The summed E-state index contributed by atoms with van der Waals surface area (Å²) in [4.78, 5) is 14.9. The molecule has 7 aromatic carbocycles. The van der Waals surface area contributed by atoms with Gasteiger partial charge >= 0.3 is 0 Å². The fraction of sp³-hybridized carbons (Fsp3) is 0.0222. The normalized spacial score (nSPS) is 13.1. The Kier molecular flexibility index (Phi) is 6.09. The summed E-state index contributed by atoms with van der Waals surface area (Å²) in [5.74, 6) is 3.49. The van der Waals surface area contributed by atoms with E-state index in [1.54, 1.807) is 0 Å². The fourth-order valence-electron chi connectivity index (χ4n) is 7.79. The maximum absolute atomic E-state index is 10.0. The third-order valence-corrected chi connectivity index (χ3v) is 9.98. The van der Waals surface area contributed by atoms with Crippen LogP contribution in [0.5, 0.6) is 11.5 Å². The number of hydrogen-bond acceptors (Lipinski definition) is 5. The van der Waals surface area contributed by atoms with Gasteiger partial charge in [0.2, 0.25) is 0 Å². The van der Waals surface area contributed by atoms with Crippen LogP contribution in [0.25, 0.3) is 56.1 Å². The van der Waals surface area contributed by atoms with Gasteiger partial charge in [0.1, 0.15) is 11.5 Å². The minimum absolute atomic E-state index is 0.610. The number of benzene rings is 7. The molecule has 1 spiro atoms. The van der Waals surface area contributed by atoms with Gasteiger partial charge in [-0.15, -0.1) is 0 Å². The predicted molar refractivity (Wildman–Crippen MR) is 196 cm³/mol. The molecule has 0 atom stereocenters. The first-order chi connectivity index (χ1) is 24.7. The predicted octanol–water partition coefficient (Wildman–Crippen LogP) is 10.4. The van der Waals surface area contributed by atoms with Crippen LogP contribution in [0.2, 0.25) is 0 Å². The molecule has 0 fully saturated rings. The van der Waals surface area contributed by atoms with E-state index in [1.165, 1.54) is 0 Å². The molecule has 0 unspecified atom stereocenters. The summed E-state index contributed by atoms with van der Waals surface area (Å²) in [7, 11) is 0. The Labute approximate surface area is 288 Å². The third kappa shape index (κ3) is 4.09. The molecule has 2 heterocycles. The van der Waals surface area contributed by atoms with Gasteiger partial charge in [0.25, 0.3) is 0 Å². The molecule has 50 heavy (non-hydrogen) atoms. The summed E-state index contributed by atoms with van der Waals surface area (Å²) in [5.41, 5.74) is 9.33. The average Bonchev–Trinajstić information content (AvgIpc) is 3.46. The molecule has 1 aliphatic heterocycles. The van der Waals surface area contributed by atoms with E-state index >= 15 is 0 Å². The highest BCUT2D eigenvalue weighted by Gasteiger charge is 2.51. The fourth-order valence-corrected chi connectivity index (χ4v) is 7.79. The Morgan fingerprint density at radius 2 is 1.00 bits per heavy atom. The summed E-state index contributed by atoms with van der Waals surface area (Å²) in [6.07, 6.45) is 0. The molecule has 1 aromatic heterocycles. The molecule has 0 amide bonds. The number of fused-ring (bicyclic) bond motifs is 10. The highest BCUT2D eigenvalue weighted by Crippen LogP contribution is 2.62. The molecular formula is C45H26N4O. The Hall–Kier alpha value is -6.90. The van der Waals surface area contributed by atoms with Crippen molar-refractivity contribution in [1.82, 2.24) is 15.0 Å². The van der Waals surface area contributed by atoms with E-state index in [9.17, 15) is 5.26 Å². The minimum atomic E-state index is -0.679. The molecule has 0 N–H and O–H groups in total. The Balaban J connectivity index is 1.23. The van der Waals surface area contributed by atoms with Gasteiger partial charge in [-0.3, -0.25) is 0 Å². The molecular weight excluding hydrogens is 613 g/mol. The number of ether oxygens (including phenoxy) is 1. The average molecular weight is 639 g/mol. The van der Waals surface area contributed by atoms with Crippen LogP contribution in [0, 0.1) is 11.3 Å². The van der Waals surface area contributed by atoms with Crippen molar-refractivity contribution in [2.45, 2.75) is 5.41 Å². The summed E-state index contributed by atoms with van der Waals surface area (Å²) < 4.78 is 6.52. The summed E-state index contributed by atoms with van der Waals surface area (Å²) >= 11 is 0. The molecule has 2 aliphatic rings. The quantitative estimate of drug-likeness (QED) is 0.193. The largest absolute Gasteiger partial charge is 0.457 e. The zero-order chi connectivity index (χ0) is 33.2. The lowest BCUT2D eigenvalue weighted by atomic mass is 9.66. The van der Waals surface area contributed by atoms with Crippen molar-refractivity contribution in [3.05, 3.63) is 186 Å². The van der Waals surface area contributed by atoms with E-state index in [-0.39, 0.29) is 0 Å². The second-order valence-electron chi connectivity index (χ2n) is 12.7.